The van der Waals surface area contributed by atoms with Gasteiger partial charge in [-0.2, -0.15) is 0 Å². The normalized spacial score (nSPS) is 11.1. The number of hydrogen-bond acceptors (Lipinski definition) is 12. The van der Waals surface area contributed by atoms with E-state index in [2.05, 4.69) is 29.9 Å². The fourth-order valence-electron chi connectivity index (χ4n) is 5.04. The average molecular weight is 958 g/mol. The molecule has 0 fully saturated rings. The van der Waals surface area contributed by atoms with Gasteiger partial charge in [-0.3, -0.25) is 0 Å². The van der Waals surface area contributed by atoms with Crippen molar-refractivity contribution < 1.29 is 49.8 Å². The molecule has 12 nitrogen and oxygen atoms in total. The summed E-state index contributed by atoms with van der Waals surface area (Å²) in [6.45, 7) is 17.8. The molecule has 0 N–H and O–H groups in total. The van der Waals surface area contributed by atoms with E-state index in [9.17, 15) is 29.7 Å². The molecule has 0 saturated heterocycles. The van der Waals surface area contributed by atoms with Gasteiger partial charge in [-0.15, -0.1) is 0 Å². The van der Waals surface area contributed by atoms with Crippen molar-refractivity contribution in [1.29, 1.82) is 0 Å². The molecule has 3 heterocycles. The monoisotopic (exact) mass is 958 g/mol. The number of nitrogens with zero attached hydrogens (tertiary/aromatic N) is 6. The van der Waals surface area contributed by atoms with Crippen molar-refractivity contribution in [3.63, 3.8) is 0 Å². The molecule has 300 valence electrons. The van der Waals surface area contributed by atoms with Gasteiger partial charge in [0.1, 0.15) is 17.9 Å². The predicted molar refractivity (Wildman–Crippen MR) is 211 cm³/mol. The fourth-order valence-corrected chi connectivity index (χ4v) is 5.04. The fraction of sp³-hybridized carbons (Fsp3) is 0.267. The van der Waals surface area contributed by atoms with Crippen molar-refractivity contribution in [2.45, 2.75) is 78.6 Å². The van der Waals surface area contributed by atoms with Gasteiger partial charge in [0.05, 0.1) is 34.2 Å². The van der Waals surface area contributed by atoms with E-state index >= 15 is 0 Å². The molecule has 0 aliphatic rings. The zero-order chi connectivity index (χ0) is 42.1. The Morgan fingerprint density at radius 1 is 0.379 bits per heavy atom. The minimum atomic E-state index is -1.36. The first-order valence-corrected chi connectivity index (χ1v) is 18.1. The van der Waals surface area contributed by atoms with Crippen LogP contribution in [0.3, 0.4) is 0 Å². The topological polar surface area (TPSA) is 198 Å². The molecule has 0 atom stereocenters. The first-order valence-electron chi connectivity index (χ1n) is 18.1. The molecular formula is C45H45IrN6O6. The number of carboxylic acids is 3. The molecule has 0 amide bonds. The van der Waals surface area contributed by atoms with E-state index in [1.165, 1.54) is 0 Å². The third kappa shape index (κ3) is 13.0. The van der Waals surface area contributed by atoms with Crippen molar-refractivity contribution in [1.82, 2.24) is 29.9 Å². The molecule has 3 aromatic heterocycles. The van der Waals surface area contributed by atoms with Crippen LogP contribution in [0.25, 0.3) is 33.8 Å². The summed E-state index contributed by atoms with van der Waals surface area (Å²) in [4.78, 5) is 57.4. The summed E-state index contributed by atoms with van der Waals surface area (Å²) >= 11 is 0. The van der Waals surface area contributed by atoms with Crippen LogP contribution >= 0.6 is 0 Å². The van der Waals surface area contributed by atoms with Crippen LogP contribution < -0.4 is 15.3 Å². The molecule has 0 aliphatic heterocycles. The van der Waals surface area contributed by atoms with Crippen LogP contribution in [-0.2, 0) is 36.4 Å². The number of rotatable bonds is 6. The Balaban J connectivity index is 0.000000231. The van der Waals surface area contributed by atoms with Crippen molar-refractivity contribution >= 4 is 17.9 Å². The van der Waals surface area contributed by atoms with E-state index in [4.69, 9.17) is 0 Å². The van der Waals surface area contributed by atoms with Crippen molar-refractivity contribution in [3.8, 4) is 33.8 Å². The largest absolute Gasteiger partial charge is 3.00 e. The Morgan fingerprint density at radius 2 is 0.586 bits per heavy atom. The van der Waals surface area contributed by atoms with Gasteiger partial charge in [0.2, 0.25) is 0 Å². The standard InChI is InChI=1S/3C15H16N2O2.Ir/c3*1-15(2,3)12-9-11(10-7-5-4-6-8-10)16-13(17-12)14(18)19;/h3*4-9H,1-3H3,(H,18,19);/q;;;+3/p-3. The number of aromatic nitrogens is 6. The molecule has 6 rings (SSSR count). The smallest absolute Gasteiger partial charge is 0.542 e. The van der Waals surface area contributed by atoms with Gasteiger partial charge in [-0.05, 0) is 18.2 Å². The molecule has 0 bridgehead atoms. The van der Waals surface area contributed by atoms with Crippen LogP contribution in [0.5, 0.6) is 0 Å². The zero-order valence-corrected chi connectivity index (χ0v) is 36.3. The van der Waals surface area contributed by atoms with Crippen LogP contribution in [0, 0.1) is 0 Å². The molecule has 0 unspecified atom stereocenters. The van der Waals surface area contributed by atoms with E-state index in [0.29, 0.717) is 34.2 Å². The summed E-state index contributed by atoms with van der Waals surface area (Å²) in [5, 5.41) is 33.1. The Hall–Kier alpha value is -6.04. The number of carboxylic acid groups (broad SMARTS) is 3. The summed E-state index contributed by atoms with van der Waals surface area (Å²) < 4.78 is 0. The van der Waals surface area contributed by atoms with Crippen molar-refractivity contribution in [2.24, 2.45) is 0 Å². The molecule has 58 heavy (non-hydrogen) atoms. The molecule has 0 spiro atoms. The second-order valence-corrected chi connectivity index (χ2v) is 16.1. The Bertz CT molecular complexity index is 2080. The van der Waals surface area contributed by atoms with Gasteiger partial charge < -0.3 is 29.7 Å². The number of carbonyl (C=O) groups is 3. The van der Waals surface area contributed by atoms with Crippen LogP contribution in [0.2, 0.25) is 0 Å². The maximum atomic E-state index is 11.0. The maximum Gasteiger partial charge on any atom is 3.00 e. The second kappa shape index (κ2) is 19.4. The number of carbonyl (C=O) groups excluding carboxylic acids is 3. The molecular weight excluding hydrogens is 913 g/mol. The SMILES string of the molecule is CC(C)(C)c1cc(-c2ccccc2)nc(C(=O)[O-])n1.CC(C)(C)c1cc(-c2ccccc2)nc(C(=O)[O-])n1.CC(C)(C)c1cc(-c2ccccc2)nc(C(=O)[O-])n1.[Ir+3]. The van der Waals surface area contributed by atoms with Crippen LogP contribution in [0.15, 0.2) is 109 Å². The van der Waals surface area contributed by atoms with Crippen LogP contribution in [0.4, 0.5) is 0 Å². The molecule has 3 aromatic carbocycles. The Kier molecular flexibility index (Phi) is 15.5. The van der Waals surface area contributed by atoms with Crippen molar-refractivity contribution in [3.05, 3.63) is 144 Å². The quantitative estimate of drug-likeness (QED) is 0.206. The Morgan fingerprint density at radius 3 is 0.759 bits per heavy atom. The van der Waals surface area contributed by atoms with E-state index in [1.54, 1.807) is 0 Å². The summed E-state index contributed by atoms with van der Waals surface area (Å²) in [5.74, 6) is -4.89. The number of benzene rings is 3. The second-order valence-electron chi connectivity index (χ2n) is 16.1. The first-order chi connectivity index (χ1) is 26.6. The number of hydrogen-bond donors (Lipinski definition) is 0. The molecule has 0 saturated carbocycles. The Labute approximate surface area is 352 Å². The minimum Gasteiger partial charge on any atom is -0.542 e. The van der Waals surface area contributed by atoms with E-state index < -0.39 is 17.9 Å². The average Bonchev–Trinajstić information content (AvgIpc) is 3.18. The van der Waals surface area contributed by atoms with E-state index in [0.717, 1.165) is 16.7 Å². The predicted octanol–water partition coefficient (Wildman–Crippen LogP) is 5.41. The molecule has 6 aromatic rings. The summed E-state index contributed by atoms with van der Waals surface area (Å²) in [6.07, 6.45) is 0. The molecule has 13 heteroatoms. The maximum absolute atomic E-state index is 11.0. The van der Waals surface area contributed by atoms with Gasteiger partial charge in [0.15, 0.2) is 17.5 Å². The van der Waals surface area contributed by atoms with Gasteiger partial charge in [0.25, 0.3) is 0 Å². The first kappa shape index (κ1) is 46.3. The molecule has 0 aliphatic carbocycles. The van der Waals surface area contributed by atoms with Crippen LogP contribution in [0.1, 0.15) is 111 Å². The minimum absolute atomic E-state index is 0. The van der Waals surface area contributed by atoms with E-state index in [-0.39, 0.29) is 53.8 Å². The summed E-state index contributed by atoms with van der Waals surface area (Å²) in [7, 11) is 0. The summed E-state index contributed by atoms with van der Waals surface area (Å²) in [5.41, 5.74) is 5.65. The third-order valence-electron chi connectivity index (χ3n) is 8.24. The van der Waals surface area contributed by atoms with E-state index in [1.807, 2.05) is 172 Å². The zero-order valence-electron chi connectivity index (χ0n) is 33.9. The molecule has 0 radical (unpaired) electrons. The summed E-state index contributed by atoms with van der Waals surface area (Å²) in [6, 6.07) is 33.7. The van der Waals surface area contributed by atoms with Crippen LogP contribution in [-0.4, -0.2) is 47.8 Å². The van der Waals surface area contributed by atoms with Gasteiger partial charge in [-0.1, -0.05) is 153 Å². The van der Waals surface area contributed by atoms with Crippen molar-refractivity contribution in [2.75, 3.05) is 0 Å². The van der Waals surface area contributed by atoms with Gasteiger partial charge in [-0.25, -0.2) is 29.9 Å². The van der Waals surface area contributed by atoms with Gasteiger partial charge >= 0.3 is 20.1 Å². The number of aromatic carboxylic acids is 3. The van der Waals surface area contributed by atoms with Gasteiger partial charge in [0, 0.05) is 32.9 Å². The third-order valence-corrected chi connectivity index (χ3v) is 8.24.